The number of ketones is 1. The van der Waals surface area contributed by atoms with E-state index in [1.54, 1.807) is 12.1 Å². The van der Waals surface area contributed by atoms with Crippen LogP contribution in [-0.2, 0) is 4.79 Å². The molecule has 2 heterocycles. The molecule has 3 heteroatoms. The lowest BCUT2D eigenvalue weighted by atomic mass is 9.71. The van der Waals surface area contributed by atoms with Crippen molar-refractivity contribution in [2.24, 2.45) is 5.92 Å². The standard InChI is InChI=1S/C22H25NO2/c1-14(2)15-3-7-17(8-4-15)23-18-9-12-20(21(25)13-18)22(23)16-5-10-19(24)11-6-16/h3-8,10-11,14,18,20,22,24H,9,12-13H2,1-2H3. The van der Waals surface area contributed by atoms with E-state index in [9.17, 15) is 9.90 Å². The largest absolute Gasteiger partial charge is 0.508 e. The Kier molecular flexibility index (Phi) is 4.03. The third kappa shape index (κ3) is 2.82. The van der Waals surface area contributed by atoms with Gasteiger partial charge in [-0.3, -0.25) is 4.79 Å². The van der Waals surface area contributed by atoms with Crippen LogP contribution >= 0.6 is 0 Å². The number of hydrogen-bond acceptors (Lipinski definition) is 3. The number of rotatable bonds is 3. The number of phenolic OH excluding ortho intramolecular Hbond substituents is 1. The van der Waals surface area contributed by atoms with Crippen molar-refractivity contribution in [1.82, 2.24) is 0 Å². The fourth-order valence-corrected chi connectivity index (χ4v) is 4.48. The number of nitrogens with zero attached hydrogens (tertiary/aromatic N) is 1. The lowest BCUT2D eigenvalue weighted by molar-refractivity contribution is -0.128. The van der Waals surface area contributed by atoms with Gasteiger partial charge in [-0.1, -0.05) is 38.1 Å². The maximum atomic E-state index is 12.6. The molecule has 0 radical (unpaired) electrons. The van der Waals surface area contributed by atoms with Crippen LogP contribution in [0.3, 0.4) is 0 Å². The second-order valence-electron chi connectivity index (χ2n) is 7.70. The molecular formula is C22H25NO2. The second-order valence-corrected chi connectivity index (χ2v) is 7.70. The molecule has 2 bridgehead atoms. The zero-order valence-corrected chi connectivity index (χ0v) is 14.9. The van der Waals surface area contributed by atoms with Gasteiger partial charge in [-0.05, 0) is 54.2 Å². The number of aromatic hydroxyl groups is 1. The van der Waals surface area contributed by atoms with Crippen LogP contribution in [0.4, 0.5) is 5.69 Å². The van der Waals surface area contributed by atoms with E-state index < -0.39 is 0 Å². The first-order valence-corrected chi connectivity index (χ1v) is 9.24. The van der Waals surface area contributed by atoms with Crippen molar-refractivity contribution in [2.75, 3.05) is 4.90 Å². The van der Waals surface area contributed by atoms with Gasteiger partial charge in [0.15, 0.2) is 0 Å². The SMILES string of the molecule is CC(C)c1ccc(N2C3CCC(C(=O)C3)C2c2ccc(O)cc2)cc1. The zero-order valence-electron chi connectivity index (χ0n) is 14.9. The minimum absolute atomic E-state index is 0.0549. The maximum absolute atomic E-state index is 12.6. The van der Waals surface area contributed by atoms with Crippen LogP contribution in [-0.4, -0.2) is 16.9 Å². The van der Waals surface area contributed by atoms with Crippen LogP contribution in [0.2, 0.25) is 0 Å². The molecule has 130 valence electrons. The highest BCUT2D eigenvalue weighted by molar-refractivity contribution is 5.86. The lowest BCUT2D eigenvalue weighted by Gasteiger charge is -2.52. The summed E-state index contributed by atoms with van der Waals surface area (Å²) in [5.74, 6) is 1.23. The molecule has 3 nitrogen and oxygen atoms in total. The van der Waals surface area contributed by atoms with E-state index in [0.717, 1.165) is 18.4 Å². The summed E-state index contributed by atoms with van der Waals surface area (Å²) in [7, 11) is 0. The topological polar surface area (TPSA) is 40.5 Å². The van der Waals surface area contributed by atoms with Gasteiger partial charge >= 0.3 is 0 Å². The summed E-state index contributed by atoms with van der Waals surface area (Å²) in [6.45, 7) is 4.41. The molecule has 0 amide bonds. The van der Waals surface area contributed by atoms with Gasteiger partial charge in [0, 0.05) is 24.1 Å². The summed E-state index contributed by atoms with van der Waals surface area (Å²) in [6, 6.07) is 16.5. The molecule has 3 atom stereocenters. The van der Waals surface area contributed by atoms with Crippen LogP contribution in [0.25, 0.3) is 0 Å². The molecule has 2 aliphatic heterocycles. The highest BCUT2D eigenvalue weighted by Gasteiger charge is 2.47. The van der Waals surface area contributed by atoms with Gasteiger partial charge in [0.05, 0.1) is 6.04 Å². The Morgan fingerprint density at radius 2 is 1.68 bits per heavy atom. The highest BCUT2D eigenvalue weighted by atomic mass is 16.3. The van der Waals surface area contributed by atoms with E-state index in [0.29, 0.717) is 18.1 Å². The van der Waals surface area contributed by atoms with Gasteiger partial charge in [0.1, 0.15) is 11.5 Å². The predicted molar refractivity (Wildman–Crippen MR) is 100.0 cm³/mol. The number of fused-ring (bicyclic) bond motifs is 3. The van der Waals surface area contributed by atoms with E-state index in [1.165, 1.54) is 11.3 Å². The lowest BCUT2D eigenvalue weighted by Crippen LogP contribution is -2.54. The monoisotopic (exact) mass is 335 g/mol. The molecule has 1 N–H and O–H groups in total. The summed E-state index contributed by atoms with van der Waals surface area (Å²) in [5, 5.41) is 9.62. The number of piperidine rings is 2. The van der Waals surface area contributed by atoms with Crippen molar-refractivity contribution < 1.29 is 9.90 Å². The van der Waals surface area contributed by atoms with Crippen LogP contribution < -0.4 is 4.90 Å². The smallest absolute Gasteiger partial charge is 0.140 e. The fourth-order valence-electron chi connectivity index (χ4n) is 4.48. The Balaban J connectivity index is 1.75. The zero-order chi connectivity index (χ0) is 17.6. The molecule has 2 aromatic carbocycles. The average Bonchev–Trinajstić information content (AvgIpc) is 2.62. The Morgan fingerprint density at radius 1 is 1.00 bits per heavy atom. The second kappa shape index (κ2) is 6.21. The number of carbonyl (C=O) groups is 1. The number of hydrogen-bond donors (Lipinski definition) is 1. The van der Waals surface area contributed by atoms with E-state index in [1.807, 2.05) is 12.1 Å². The molecule has 0 spiro atoms. The molecule has 2 saturated heterocycles. The number of carbonyl (C=O) groups excluding carboxylic acids is 1. The molecule has 3 aliphatic rings. The van der Waals surface area contributed by atoms with Crippen LogP contribution in [0.15, 0.2) is 48.5 Å². The molecule has 2 aromatic rings. The Bertz CT molecular complexity index is 764. The maximum Gasteiger partial charge on any atom is 0.140 e. The first-order valence-electron chi connectivity index (χ1n) is 9.24. The van der Waals surface area contributed by atoms with E-state index in [2.05, 4.69) is 43.0 Å². The van der Waals surface area contributed by atoms with Gasteiger partial charge in [-0.15, -0.1) is 0 Å². The molecule has 3 unspecified atom stereocenters. The molecule has 5 rings (SSSR count). The van der Waals surface area contributed by atoms with Crippen LogP contribution in [0.5, 0.6) is 5.75 Å². The number of phenols is 1. The number of anilines is 1. The summed E-state index contributed by atoms with van der Waals surface area (Å²) in [4.78, 5) is 15.0. The van der Waals surface area contributed by atoms with Crippen LogP contribution in [0, 0.1) is 5.92 Å². The summed E-state index contributed by atoms with van der Waals surface area (Å²) < 4.78 is 0. The normalized spacial score (nSPS) is 25.6. The Morgan fingerprint density at radius 3 is 2.28 bits per heavy atom. The van der Waals surface area contributed by atoms with Crippen molar-refractivity contribution in [3.8, 4) is 5.75 Å². The molecule has 1 saturated carbocycles. The first-order chi connectivity index (χ1) is 12.0. The van der Waals surface area contributed by atoms with Crippen molar-refractivity contribution >= 4 is 11.5 Å². The van der Waals surface area contributed by atoms with E-state index >= 15 is 0 Å². The van der Waals surface area contributed by atoms with Crippen molar-refractivity contribution in [2.45, 2.75) is 51.1 Å². The first kappa shape index (κ1) is 16.2. The fraction of sp³-hybridized carbons (Fsp3) is 0.409. The molecule has 25 heavy (non-hydrogen) atoms. The number of benzene rings is 2. The number of Topliss-reactive ketones (excluding diaryl/α,β-unsaturated/α-hetero) is 1. The third-order valence-electron chi connectivity index (χ3n) is 5.83. The van der Waals surface area contributed by atoms with E-state index in [-0.39, 0.29) is 23.8 Å². The molecule has 3 fully saturated rings. The quantitative estimate of drug-likeness (QED) is 0.874. The van der Waals surface area contributed by atoms with E-state index in [4.69, 9.17) is 0 Å². The minimum atomic E-state index is 0.0549. The van der Waals surface area contributed by atoms with Crippen molar-refractivity contribution in [1.29, 1.82) is 0 Å². The van der Waals surface area contributed by atoms with Gasteiger partial charge in [0.2, 0.25) is 0 Å². The van der Waals surface area contributed by atoms with Crippen molar-refractivity contribution in [3.63, 3.8) is 0 Å². The summed E-state index contributed by atoms with van der Waals surface area (Å²) in [6.07, 6.45) is 2.71. The summed E-state index contributed by atoms with van der Waals surface area (Å²) in [5.41, 5.74) is 3.65. The minimum Gasteiger partial charge on any atom is -0.508 e. The third-order valence-corrected chi connectivity index (χ3v) is 5.83. The average molecular weight is 335 g/mol. The highest BCUT2D eigenvalue weighted by Crippen LogP contribution is 2.48. The molecular weight excluding hydrogens is 310 g/mol. The summed E-state index contributed by atoms with van der Waals surface area (Å²) >= 11 is 0. The Labute approximate surface area is 149 Å². The van der Waals surface area contributed by atoms with Crippen LogP contribution in [0.1, 0.15) is 56.2 Å². The van der Waals surface area contributed by atoms with Gasteiger partial charge in [-0.2, -0.15) is 0 Å². The van der Waals surface area contributed by atoms with Gasteiger partial charge < -0.3 is 10.0 Å². The van der Waals surface area contributed by atoms with Gasteiger partial charge in [0.25, 0.3) is 0 Å². The molecule has 0 aromatic heterocycles. The predicted octanol–water partition coefficient (Wildman–Crippen LogP) is 4.81. The molecule has 1 aliphatic carbocycles. The van der Waals surface area contributed by atoms with Gasteiger partial charge in [-0.25, -0.2) is 0 Å². The van der Waals surface area contributed by atoms with Crippen molar-refractivity contribution in [3.05, 3.63) is 59.7 Å². The Hall–Kier alpha value is -2.29.